The first-order valence-electron chi connectivity index (χ1n) is 10.5. The SMILES string of the molecule is CC(C)(c1ccc(I)cc1)c1csc(NC(=O)NCc2cnc(N3CCNCC3)nc2)n1. The van der Waals surface area contributed by atoms with Crippen LogP contribution in [0.4, 0.5) is 15.9 Å². The number of aromatic nitrogens is 3. The average Bonchev–Trinajstić information content (AvgIpc) is 3.28. The number of carbonyl (C=O) groups excluding carboxylic acids is 1. The van der Waals surface area contributed by atoms with Gasteiger partial charge in [0.05, 0.1) is 5.69 Å². The van der Waals surface area contributed by atoms with Crippen molar-refractivity contribution < 1.29 is 4.79 Å². The minimum atomic E-state index is -0.302. The largest absolute Gasteiger partial charge is 0.338 e. The molecule has 0 bridgehead atoms. The van der Waals surface area contributed by atoms with E-state index in [1.807, 2.05) is 5.38 Å². The fraction of sp³-hybridized carbons (Fsp3) is 0.364. The van der Waals surface area contributed by atoms with Gasteiger partial charge in [0.1, 0.15) is 0 Å². The lowest BCUT2D eigenvalue weighted by molar-refractivity contribution is 0.251. The lowest BCUT2D eigenvalue weighted by Crippen LogP contribution is -2.44. The molecule has 4 rings (SSSR count). The first kappa shape index (κ1) is 22.9. The lowest BCUT2D eigenvalue weighted by Gasteiger charge is -2.27. The first-order valence-corrected chi connectivity index (χ1v) is 12.4. The summed E-state index contributed by atoms with van der Waals surface area (Å²) < 4.78 is 1.20. The molecule has 0 spiro atoms. The van der Waals surface area contributed by atoms with E-state index in [0.717, 1.165) is 43.4 Å². The molecule has 3 N–H and O–H groups in total. The average molecular weight is 563 g/mol. The highest BCUT2D eigenvalue weighted by Crippen LogP contribution is 2.33. The van der Waals surface area contributed by atoms with Crippen LogP contribution < -0.4 is 20.9 Å². The van der Waals surface area contributed by atoms with Crippen LogP contribution in [0.1, 0.15) is 30.7 Å². The van der Waals surface area contributed by atoms with Gasteiger partial charge < -0.3 is 15.5 Å². The van der Waals surface area contributed by atoms with Gasteiger partial charge in [-0.1, -0.05) is 26.0 Å². The number of piperazine rings is 1. The van der Waals surface area contributed by atoms with Gasteiger partial charge in [-0.15, -0.1) is 11.3 Å². The van der Waals surface area contributed by atoms with Crippen LogP contribution in [0.25, 0.3) is 0 Å². The topological polar surface area (TPSA) is 95.1 Å². The van der Waals surface area contributed by atoms with E-state index in [0.29, 0.717) is 11.7 Å². The Morgan fingerprint density at radius 2 is 1.88 bits per heavy atom. The minimum Gasteiger partial charge on any atom is -0.338 e. The summed E-state index contributed by atoms with van der Waals surface area (Å²) in [5.74, 6) is 0.728. The number of anilines is 2. The number of nitrogens with one attached hydrogen (secondary N) is 3. The smallest absolute Gasteiger partial charge is 0.321 e. The molecule has 3 heterocycles. The van der Waals surface area contributed by atoms with E-state index >= 15 is 0 Å². The van der Waals surface area contributed by atoms with Crippen molar-refractivity contribution in [1.82, 2.24) is 25.6 Å². The van der Waals surface area contributed by atoms with Crippen molar-refractivity contribution in [1.29, 1.82) is 0 Å². The number of benzene rings is 1. The second kappa shape index (κ2) is 10.1. The summed E-state index contributed by atoms with van der Waals surface area (Å²) in [4.78, 5) is 28.0. The molecular formula is C22H26IN7OS. The molecule has 8 nitrogen and oxygen atoms in total. The van der Waals surface area contributed by atoms with Crippen LogP contribution in [0, 0.1) is 3.57 Å². The van der Waals surface area contributed by atoms with E-state index in [1.165, 1.54) is 20.5 Å². The molecular weight excluding hydrogens is 537 g/mol. The molecule has 1 aliphatic heterocycles. The van der Waals surface area contributed by atoms with Crippen molar-refractivity contribution >= 4 is 51.0 Å². The Kier molecular flexibility index (Phi) is 7.21. The Balaban J connectivity index is 1.31. The number of hydrogen-bond donors (Lipinski definition) is 3. The van der Waals surface area contributed by atoms with Crippen molar-refractivity contribution in [2.24, 2.45) is 0 Å². The van der Waals surface area contributed by atoms with Crippen LogP contribution in [0.5, 0.6) is 0 Å². The Hall–Kier alpha value is -2.31. The Morgan fingerprint density at radius 1 is 1.19 bits per heavy atom. The number of carbonyl (C=O) groups is 1. The molecule has 2 aromatic heterocycles. The quantitative estimate of drug-likeness (QED) is 0.397. The predicted molar refractivity (Wildman–Crippen MR) is 136 cm³/mol. The summed E-state index contributed by atoms with van der Waals surface area (Å²) in [5, 5.41) is 11.6. The Bertz CT molecular complexity index is 1050. The molecule has 168 valence electrons. The summed E-state index contributed by atoms with van der Waals surface area (Å²) in [6.45, 7) is 8.29. The minimum absolute atomic E-state index is 0.249. The molecule has 10 heteroatoms. The number of urea groups is 1. The number of halogens is 1. The van der Waals surface area contributed by atoms with E-state index in [4.69, 9.17) is 0 Å². The highest BCUT2D eigenvalue weighted by molar-refractivity contribution is 14.1. The monoisotopic (exact) mass is 563 g/mol. The molecule has 0 radical (unpaired) electrons. The maximum atomic E-state index is 12.4. The van der Waals surface area contributed by atoms with E-state index in [-0.39, 0.29) is 11.4 Å². The fourth-order valence-corrected chi connectivity index (χ4v) is 4.66. The summed E-state index contributed by atoms with van der Waals surface area (Å²) in [5.41, 5.74) is 2.71. The van der Waals surface area contributed by atoms with Gasteiger partial charge in [-0.2, -0.15) is 0 Å². The third-order valence-electron chi connectivity index (χ3n) is 5.48. The van der Waals surface area contributed by atoms with Crippen LogP contribution in [0.15, 0.2) is 42.0 Å². The normalized spacial score (nSPS) is 14.3. The molecule has 2 amide bonds. The number of nitrogens with zero attached hydrogens (tertiary/aromatic N) is 4. The van der Waals surface area contributed by atoms with Gasteiger partial charge in [-0.3, -0.25) is 5.32 Å². The first-order chi connectivity index (χ1) is 15.4. The molecule has 32 heavy (non-hydrogen) atoms. The standard InChI is InChI=1S/C22H26IN7OS/c1-22(2,16-3-5-17(23)6-4-16)18-14-32-21(28-18)29-20(31)27-13-15-11-25-19(26-12-15)30-9-7-24-8-10-30/h3-6,11-12,14,24H,7-10,13H2,1-2H3,(H2,27,28,29,31). The van der Waals surface area contributed by atoms with Crippen molar-refractivity contribution in [3.05, 3.63) is 62.4 Å². The van der Waals surface area contributed by atoms with Crippen LogP contribution in [-0.4, -0.2) is 47.2 Å². The number of thiazole rings is 1. The second-order valence-corrected chi connectivity index (χ2v) is 10.2. The van der Waals surface area contributed by atoms with Gasteiger partial charge in [0.25, 0.3) is 0 Å². The zero-order valence-corrected chi connectivity index (χ0v) is 21.0. The van der Waals surface area contributed by atoms with Crippen LogP contribution in [0.3, 0.4) is 0 Å². The van der Waals surface area contributed by atoms with Crippen molar-refractivity contribution in [3.8, 4) is 0 Å². The Labute approximate surface area is 205 Å². The van der Waals surface area contributed by atoms with E-state index in [1.54, 1.807) is 12.4 Å². The maximum absolute atomic E-state index is 12.4. The molecule has 3 aromatic rings. The molecule has 0 atom stereocenters. The third kappa shape index (κ3) is 5.54. The van der Waals surface area contributed by atoms with Gasteiger partial charge >= 0.3 is 6.03 Å². The number of hydrogen-bond acceptors (Lipinski definition) is 7. The van der Waals surface area contributed by atoms with Crippen LogP contribution in [-0.2, 0) is 12.0 Å². The van der Waals surface area contributed by atoms with Gasteiger partial charge in [0.2, 0.25) is 5.95 Å². The van der Waals surface area contributed by atoms with Crippen LogP contribution in [0.2, 0.25) is 0 Å². The van der Waals surface area contributed by atoms with E-state index < -0.39 is 0 Å². The van der Waals surface area contributed by atoms with E-state index in [2.05, 4.69) is 96.5 Å². The second-order valence-electron chi connectivity index (χ2n) is 8.11. The molecule has 1 fully saturated rings. The van der Waals surface area contributed by atoms with Gasteiger partial charge in [0.15, 0.2) is 5.13 Å². The highest BCUT2D eigenvalue weighted by Gasteiger charge is 2.26. The van der Waals surface area contributed by atoms with Crippen molar-refractivity contribution in [3.63, 3.8) is 0 Å². The summed E-state index contributed by atoms with van der Waals surface area (Å²) in [6.07, 6.45) is 3.52. The fourth-order valence-electron chi connectivity index (χ4n) is 3.42. The maximum Gasteiger partial charge on any atom is 0.321 e. The zero-order valence-electron chi connectivity index (χ0n) is 18.1. The molecule has 0 saturated carbocycles. The molecule has 0 unspecified atom stereocenters. The van der Waals surface area contributed by atoms with Crippen molar-refractivity contribution in [2.45, 2.75) is 25.8 Å². The Morgan fingerprint density at radius 3 is 2.56 bits per heavy atom. The van der Waals surface area contributed by atoms with Gasteiger partial charge in [-0.05, 0) is 40.3 Å². The van der Waals surface area contributed by atoms with Gasteiger partial charge in [0, 0.05) is 65.0 Å². The van der Waals surface area contributed by atoms with Gasteiger partial charge in [-0.25, -0.2) is 19.7 Å². The summed E-state index contributed by atoms with van der Waals surface area (Å²) in [7, 11) is 0. The number of rotatable bonds is 6. The molecule has 1 aromatic carbocycles. The van der Waals surface area contributed by atoms with E-state index in [9.17, 15) is 4.79 Å². The lowest BCUT2D eigenvalue weighted by atomic mass is 9.82. The number of amides is 2. The van der Waals surface area contributed by atoms with Crippen LogP contribution >= 0.6 is 33.9 Å². The molecule has 1 aliphatic rings. The predicted octanol–water partition coefficient (Wildman–Crippen LogP) is 3.59. The molecule has 0 aliphatic carbocycles. The molecule has 1 saturated heterocycles. The zero-order chi connectivity index (χ0) is 22.6. The summed E-state index contributed by atoms with van der Waals surface area (Å²) >= 11 is 3.72. The highest BCUT2D eigenvalue weighted by atomic mass is 127. The third-order valence-corrected chi connectivity index (χ3v) is 6.95. The summed E-state index contributed by atoms with van der Waals surface area (Å²) in [6, 6.07) is 8.13. The van der Waals surface area contributed by atoms with Crippen molar-refractivity contribution in [2.75, 3.05) is 36.4 Å².